The summed E-state index contributed by atoms with van der Waals surface area (Å²) < 4.78 is 6.51. The molecule has 3 heteroatoms. The summed E-state index contributed by atoms with van der Waals surface area (Å²) in [6.45, 7) is 12.7. The summed E-state index contributed by atoms with van der Waals surface area (Å²) in [6, 6.07) is 13.4. The highest BCUT2D eigenvalue weighted by molar-refractivity contribution is 5.92. The smallest absolute Gasteiger partial charge is 0.137 e. The highest BCUT2D eigenvalue weighted by atomic mass is 16.5. The molecule has 4 rings (SSSR count). The van der Waals surface area contributed by atoms with Gasteiger partial charge in [-0.05, 0) is 68.6 Å². The first-order valence-electron chi connectivity index (χ1n) is 11.1. The molecule has 1 heterocycles. The van der Waals surface area contributed by atoms with Gasteiger partial charge in [-0.2, -0.15) is 0 Å². The Bertz CT molecular complexity index is 1060. The topological polar surface area (TPSA) is 33.3 Å². The number of ether oxygens (including phenoxy) is 1. The Labute approximate surface area is 180 Å². The molecular weight excluding hydrogens is 368 g/mol. The lowest BCUT2D eigenvalue weighted by Crippen LogP contribution is -2.31. The lowest BCUT2D eigenvalue weighted by atomic mass is 9.82. The van der Waals surface area contributed by atoms with Crippen molar-refractivity contribution in [2.45, 2.75) is 47.1 Å². The van der Waals surface area contributed by atoms with Crippen LogP contribution in [-0.2, 0) is 6.42 Å². The number of benzene rings is 2. The van der Waals surface area contributed by atoms with Gasteiger partial charge in [-0.1, -0.05) is 43.7 Å². The standard InChI is InChI=1S/C27H32N2O/c1-6-19-11-9-10-12-20(19)27-21-13-17(4)23(28-7-2)15-25(21)30-26-16-24(29-8-3)18(5)14-22(26)27/h9-16,23,28-29H,6-8H2,1-5H3. The molecule has 0 bridgehead atoms. The van der Waals surface area contributed by atoms with Crippen LogP contribution in [0.3, 0.4) is 0 Å². The number of nitrogens with one attached hydrogen (secondary N) is 2. The van der Waals surface area contributed by atoms with Crippen molar-refractivity contribution in [2.24, 2.45) is 0 Å². The van der Waals surface area contributed by atoms with Crippen molar-refractivity contribution >= 4 is 11.3 Å². The molecular formula is C27H32N2O. The minimum absolute atomic E-state index is 0.205. The van der Waals surface area contributed by atoms with Gasteiger partial charge in [-0.25, -0.2) is 0 Å². The van der Waals surface area contributed by atoms with Crippen LogP contribution in [0.4, 0.5) is 5.69 Å². The Balaban J connectivity index is 1.99. The first-order chi connectivity index (χ1) is 14.6. The molecule has 30 heavy (non-hydrogen) atoms. The quantitative estimate of drug-likeness (QED) is 0.623. The third-order valence-corrected chi connectivity index (χ3v) is 5.99. The Hall–Kier alpha value is -2.78. The molecule has 0 aromatic heterocycles. The molecule has 0 saturated carbocycles. The van der Waals surface area contributed by atoms with Crippen LogP contribution in [0, 0.1) is 6.92 Å². The maximum atomic E-state index is 6.51. The number of anilines is 1. The van der Waals surface area contributed by atoms with Gasteiger partial charge in [0.1, 0.15) is 11.5 Å². The van der Waals surface area contributed by atoms with Crippen molar-refractivity contribution < 1.29 is 4.74 Å². The second-order valence-electron chi connectivity index (χ2n) is 8.05. The van der Waals surface area contributed by atoms with Crippen LogP contribution in [0.2, 0.25) is 0 Å². The van der Waals surface area contributed by atoms with E-state index in [1.165, 1.54) is 39.0 Å². The van der Waals surface area contributed by atoms with Crippen LogP contribution in [0.1, 0.15) is 49.9 Å². The van der Waals surface area contributed by atoms with Gasteiger partial charge in [0.25, 0.3) is 0 Å². The van der Waals surface area contributed by atoms with Crippen LogP contribution in [0.25, 0.3) is 5.57 Å². The summed E-state index contributed by atoms with van der Waals surface area (Å²) in [5.41, 5.74) is 9.98. The van der Waals surface area contributed by atoms with E-state index in [9.17, 15) is 0 Å². The van der Waals surface area contributed by atoms with Crippen LogP contribution >= 0.6 is 0 Å². The third-order valence-electron chi connectivity index (χ3n) is 5.99. The Morgan fingerprint density at radius 2 is 1.77 bits per heavy atom. The van der Waals surface area contributed by atoms with E-state index in [2.05, 4.69) is 93.8 Å². The number of likely N-dealkylation sites (N-methyl/N-ethyl adjacent to an activating group) is 1. The molecule has 1 aliphatic carbocycles. The van der Waals surface area contributed by atoms with E-state index in [1.807, 2.05) is 0 Å². The molecule has 156 valence electrons. The van der Waals surface area contributed by atoms with Gasteiger partial charge in [0.2, 0.25) is 0 Å². The van der Waals surface area contributed by atoms with Crippen molar-refractivity contribution in [1.82, 2.24) is 5.32 Å². The van der Waals surface area contributed by atoms with Crippen molar-refractivity contribution in [3.8, 4) is 5.75 Å². The summed E-state index contributed by atoms with van der Waals surface area (Å²) in [6.07, 6.45) is 5.54. The first-order valence-corrected chi connectivity index (χ1v) is 11.1. The second kappa shape index (κ2) is 8.53. The minimum Gasteiger partial charge on any atom is -0.456 e. The number of hydrogen-bond acceptors (Lipinski definition) is 3. The van der Waals surface area contributed by atoms with Crippen molar-refractivity contribution in [3.63, 3.8) is 0 Å². The van der Waals surface area contributed by atoms with Crippen LogP contribution in [0.5, 0.6) is 5.75 Å². The zero-order valence-corrected chi connectivity index (χ0v) is 18.7. The molecule has 0 amide bonds. The molecule has 0 saturated heterocycles. The van der Waals surface area contributed by atoms with Crippen molar-refractivity contribution in [3.05, 3.63) is 87.7 Å². The fourth-order valence-corrected chi connectivity index (χ4v) is 4.46. The van der Waals surface area contributed by atoms with Crippen LogP contribution < -0.4 is 15.4 Å². The van der Waals surface area contributed by atoms with Gasteiger partial charge in [0, 0.05) is 35.0 Å². The molecule has 3 nitrogen and oxygen atoms in total. The van der Waals surface area contributed by atoms with E-state index in [4.69, 9.17) is 4.74 Å². The maximum absolute atomic E-state index is 6.51. The van der Waals surface area contributed by atoms with E-state index in [-0.39, 0.29) is 6.04 Å². The van der Waals surface area contributed by atoms with E-state index >= 15 is 0 Å². The summed E-state index contributed by atoms with van der Waals surface area (Å²) in [5.74, 6) is 1.88. The highest BCUT2D eigenvalue weighted by Crippen LogP contribution is 2.46. The van der Waals surface area contributed by atoms with Gasteiger partial charge in [-0.15, -0.1) is 0 Å². The van der Waals surface area contributed by atoms with Crippen LogP contribution in [-0.4, -0.2) is 19.1 Å². The maximum Gasteiger partial charge on any atom is 0.137 e. The number of allylic oxidation sites excluding steroid dienone is 1. The fraction of sp³-hybridized carbons (Fsp3) is 0.333. The van der Waals surface area contributed by atoms with Crippen molar-refractivity contribution in [2.75, 3.05) is 18.4 Å². The summed E-state index contributed by atoms with van der Waals surface area (Å²) in [5, 5.41) is 7.02. The predicted molar refractivity (Wildman–Crippen MR) is 127 cm³/mol. The van der Waals surface area contributed by atoms with Gasteiger partial charge in [-0.3, -0.25) is 0 Å². The molecule has 2 aromatic carbocycles. The lowest BCUT2D eigenvalue weighted by Gasteiger charge is -2.31. The molecule has 2 aliphatic rings. The molecule has 2 N–H and O–H groups in total. The summed E-state index contributed by atoms with van der Waals surface area (Å²) in [7, 11) is 0. The molecule has 0 radical (unpaired) electrons. The van der Waals surface area contributed by atoms with Gasteiger partial charge in [0.05, 0.1) is 6.04 Å². The predicted octanol–water partition coefficient (Wildman–Crippen LogP) is 6.01. The molecule has 1 aliphatic heterocycles. The lowest BCUT2D eigenvalue weighted by molar-refractivity contribution is 0.424. The monoisotopic (exact) mass is 400 g/mol. The summed E-state index contributed by atoms with van der Waals surface area (Å²) in [4.78, 5) is 0. The Kier molecular flexibility index (Phi) is 5.83. The van der Waals surface area contributed by atoms with Gasteiger partial charge in [0.15, 0.2) is 0 Å². The Morgan fingerprint density at radius 1 is 0.967 bits per heavy atom. The average molecular weight is 401 g/mol. The second-order valence-corrected chi connectivity index (χ2v) is 8.05. The minimum atomic E-state index is 0.205. The van der Waals surface area contributed by atoms with E-state index < -0.39 is 0 Å². The van der Waals surface area contributed by atoms with E-state index in [1.54, 1.807) is 0 Å². The zero-order valence-electron chi connectivity index (χ0n) is 18.7. The number of fused-ring (bicyclic) bond motifs is 2. The highest BCUT2D eigenvalue weighted by Gasteiger charge is 2.30. The van der Waals surface area contributed by atoms with Gasteiger partial charge >= 0.3 is 0 Å². The molecule has 1 atom stereocenters. The van der Waals surface area contributed by atoms with E-state index in [0.717, 1.165) is 36.7 Å². The summed E-state index contributed by atoms with van der Waals surface area (Å²) >= 11 is 0. The average Bonchev–Trinajstić information content (AvgIpc) is 2.74. The number of hydrogen-bond donors (Lipinski definition) is 2. The van der Waals surface area contributed by atoms with Crippen LogP contribution in [0.15, 0.2) is 65.5 Å². The molecule has 0 fully saturated rings. The normalized spacial score (nSPS) is 17.6. The largest absolute Gasteiger partial charge is 0.456 e. The SMILES string of the molecule is CCNc1cc2c(cc1C)C(c1ccccc1CC)=C1C=C(C)C(NCC)C=C1O2. The Morgan fingerprint density at radius 3 is 2.50 bits per heavy atom. The zero-order chi connectivity index (χ0) is 21.3. The molecule has 1 unspecified atom stereocenters. The third kappa shape index (κ3) is 3.59. The fourth-order valence-electron chi connectivity index (χ4n) is 4.46. The molecule has 0 spiro atoms. The number of aryl methyl sites for hydroxylation is 2. The number of rotatable bonds is 6. The van der Waals surface area contributed by atoms with Gasteiger partial charge < -0.3 is 15.4 Å². The van der Waals surface area contributed by atoms with E-state index in [0.29, 0.717) is 0 Å². The van der Waals surface area contributed by atoms with Crippen molar-refractivity contribution in [1.29, 1.82) is 0 Å². The molecule has 2 aromatic rings. The first kappa shape index (κ1) is 20.5.